The summed E-state index contributed by atoms with van der Waals surface area (Å²) in [5, 5.41) is 63.5. The number of nitrogens with zero attached hydrogens (tertiary/aromatic N) is 7. The number of carboxylic acid groups (broad SMARTS) is 1. The Kier molecular flexibility index (Phi) is 15.0. The fourth-order valence-electron chi connectivity index (χ4n) is 16.7. The first-order valence-electron chi connectivity index (χ1n) is 30.2. The molecule has 86 heavy (non-hydrogen) atoms. The van der Waals surface area contributed by atoms with Crippen molar-refractivity contribution in [3.05, 3.63) is 156 Å². The number of fused-ring (bicyclic) bond motifs is 13. The minimum absolute atomic E-state index is 0. The SMILES string of the molecule is C[C@H](CCC(=O)O)[C@H]1CC[C@H]2[C@@H]3CC[C@@H]4C[C@@H](n5cc(COc6cccc(-c7c8nc(c(-c9cccc(O)c9)c9ccc([n-]9)c(-c9cccc(O)c9)c9nc(c(-c%10cccc(O)c%10)c%10ccc7[n-]%10)C=C9)C=C8)c6)nn5)CC[C@]4(C)[C@H]3C[C@H](O)[C@]12C.[Zn+2]. The zero-order valence-electron chi connectivity index (χ0n) is 48.7. The van der Waals surface area contributed by atoms with Gasteiger partial charge in [0.25, 0.3) is 0 Å². The van der Waals surface area contributed by atoms with Gasteiger partial charge >= 0.3 is 25.4 Å². The first-order chi connectivity index (χ1) is 41.2. The number of hydrogen-bond donors (Lipinski definition) is 5. The van der Waals surface area contributed by atoms with Crippen molar-refractivity contribution in [2.24, 2.45) is 46.3 Å². The molecule has 0 radical (unpaired) electrons. The Hall–Kier alpha value is -8.13. The van der Waals surface area contributed by atoms with E-state index in [0.717, 1.165) is 72.0 Å². The van der Waals surface area contributed by atoms with Crippen LogP contribution in [0.1, 0.15) is 119 Å². The number of ether oxygens (including phenoxy) is 1. The number of rotatable bonds is 12. The second kappa shape index (κ2) is 22.6. The fraction of sp³-hybridized carbons (Fsp3) is 0.338. The van der Waals surface area contributed by atoms with Crippen LogP contribution in [0.15, 0.2) is 128 Å². The second-order valence-corrected chi connectivity index (χ2v) is 25.3. The molecule has 4 aliphatic carbocycles. The van der Waals surface area contributed by atoms with E-state index in [-0.39, 0.29) is 78.6 Å². The Morgan fingerprint density at radius 3 is 1.67 bits per heavy atom. The molecule has 0 saturated heterocycles. The van der Waals surface area contributed by atoms with Crippen molar-refractivity contribution in [1.82, 2.24) is 34.9 Å². The van der Waals surface area contributed by atoms with Crippen molar-refractivity contribution in [1.29, 1.82) is 0 Å². The number of phenols is 3. The number of aliphatic hydroxyl groups excluding tert-OH is 1. The molecule has 14 rings (SSSR count). The van der Waals surface area contributed by atoms with Crippen molar-refractivity contribution in [3.8, 4) is 67.5 Å². The standard InChI is InChI=1S/C71H70N7O7.Zn/c1-40(16-29-65(83)84)53-19-20-54-52-18-17-45-36-47(30-31-70(45,2)55(52)37-64(82)71(53,54)3)78-38-46(76-77-78)39-85-51-15-7-11-44(35-51)69-62-27-25-60(74-62)67(42-9-5-13-49(80)33-42)58-23-21-56(72-58)66(41-8-4-12-48(79)32-41)57-22-24-59(73-57)68(61-26-28-63(69)75-61)43-10-6-14-50(81)34-43;/h4-15,21-28,32-35,38,40,45,47,52-55,64,82H,16-20,29-31,36-37,39H2,1-3H3,(H5-,72,73,74,75,76,77,79,80,81,83,84);/q-1;+2/p-1/t40-,45-,47+,52+,53-,54+,55+,64+,70+,71-;/m1./s1. The van der Waals surface area contributed by atoms with Crippen LogP contribution in [-0.2, 0) is 30.9 Å². The van der Waals surface area contributed by atoms with E-state index >= 15 is 0 Å². The molecule has 4 saturated carbocycles. The quantitative estimate of drug-likeness (QED) is 0.0722. The molecule has 14 nitrogen and oxygen atoms in total. The summed E-state index contributed by atoms with van der Waals surface area (Å²) in [7, 11) is 0. The summed E-state index contributed by atoms with van der Waals surface area (Å²) in [6.45, 7) is 7.28. The van der Waals surface area contributed by atoms with E-state index in [1.54, 1.807) is 54.6 Å². The van der Waals surface area contributed by atoms with Crippen LogP contribution < -0.4 is 14.7 Å². The Morgan fingerprint density at radius 2 is 1.16 bits per heavy atom. The first kappa shape index (κ1) is 57.0. The monoisotopic (exact) mass is 1200 g/mol. The Balaban J connectivity index is 0.00000686. The normalized spacial score (nSPS) is 25.0. The van der Waals surface area contributed by atoms with E-state index in [1.165, 1.54) is 12.8 Å². The van der Waals surface area contributed by atoms with Gasteiger partial charge in [0.2, 0.25) is 0 Å². The number of aliphatic carboxylic acids is 1. The van der Waals surface area contributed by atoms with Crippen LogP contribution in [-0.4, -0.2) is 62.6 Å². The van der Waals surface area contributed by atoms with Crippen LogP contribution >= 0.6 is 0 Å². The molecule has 15 heteroatoms. The van der Waals surface area contributed by atoms with Gasteiger partial charge in [-0.05, 0) is 221 Å². The Labute approximate surface area is 512 Å². The number of aromatic hydroxyl groups is 3. The van der Waals surface area contributed by atoms with Crippen LogP contribution in [0.25, 0.3) is 90.9 Å². The molecule has 8 aromatic rings. The summed E-state index contributed by atoms with van der Waals surface area (Å²) >= 11 is 0. The smallest absolute Gasteiger partial charge is 0.657 e. The van der Waals surface area contributed by atoms with Crippen molar-refractivity contribution in [2.45, 2.75) is 104 Å². The summed E-state index contributed by atoms with van der Waals surface area (Å²) in [5.74, 6) is 2.89. The van der Waals surface area contributed by atoms with Crippen molar-refractivity contribution in [3.63, 3.8) is 0 Å². The van der Waals surface area contributed by atoms with Gasteiger partial charge in [-0.15, -0.1) is 27.2 Å². The Morgan fingerprint density at radius 1 is 0.651 bits per heavy atom. The van der Waals surface area contributed by atoms with E-state index in [2.05, 4.69) is 30.6 Å². The van der Waals surface area contributed by atoms with Crippen LogP contribution in [0.2, 0.25) is 0 Å². The van der Waals surface area contributed by atoms with Crippen molar-refractivity contribution < 1.29 is 54.5 Å². The molecule has 4 fully saturated rings. The third kappa shape index (κ3) is 10.1. The largest absolute Gasteiger partial charge is 2.00 e. The number of benzene rings is 4. The van der Waals surface area contributed by atoms with E-state index in [9.17, 15) is 30.3 Å². The number of aromatic nitrogens is 7. The van der Waals surface area contributed by atoms with Gasteiger partial charge in [-0.25, -0.2) is 14.6 Å². The zero-order chi connectivity index (χ0) is 58.3. The molecule has 2 aliphatic heterocycles. The number of carboxylic acids is 1. The molecule has 4 aromatic carbocycles. The van der Waals surface area contributed by atoms with Crippen LogP contribution in [0.5, 0.6) is 23.0 Å². The molecule has 5 N–H and O–H groups in total. The minimum atomic E-state index is -0.737. The molecule has 8 bridgehead atoms. The third-order valence-electron chi connectivity index (χ3n) is 20.8. The fourth-order valence-corrected chi connectivity index (χ4v) is 16.7. The summed E-state index contributed by atoms with van der Waals surface area (Å²) in [6.07, 6.45) is 18.9. The molecule has 0 amide bonds. The molecule has 6 aliphatic rings. The van der Waals surface area contributed by atoms with Gasteiger partial charge in [0.15, 0.2) is 0 Å². The maximum absolute atomic E-state index is 12.1. The average Bonchev–Trinajstić information content (AvgIpc) is 2.53. The summed E-state index contributed by atoms with van der Waals surface area (Å²) in [5.41, 5.74) is 11.6. The third-order valence-corrected chi connectivity index (χ3v) is 20.8. The van der Waals surface area contributed by atoms with Crippen molar-refractivity contribution in [2.75, 3.05) is 0 Å². The van der Waals surface area contributed by atoms with Gasteiger partial charge in [0.1, 0.15) is 35.3 Å². The molecule has 10 atom stereocenters. The van der Waals surface area contributed by atoms with E-state index < -0.39 is 5.97 Å². The van der Waals surface area contributed by atoms with Crippen LogP contribution in [0.3, 0.4) is 0 Å². The van der Waals surface area contributed by atoms with Gasteiger partial charge in [-0.2, -0.15) is 0 Å². The van der Waals surface area contributed by atoms with Crippen LogP contribution in [0, 0.1) is 46.3 Å². The molecule has 432 valence electrons. The molecule has 0 spiro atoms. The zero-order valence-corrected chi connectivity index (χ0v) is 51.7. The van der Waals surface area contributed by atoms with E-state index in [1.807, 2.05) is 97.2 Å². The summed E-state index contributed by atoms with van der Waals surface area (Å²) in [4.78, 5) is 32.8. The number of aliphatic hydroxyl groups is 1. The number of hydrogen-bond acceptors (Lipinski definition) is 10. The number of carbonyl (C=O) groups is 1. The molecule has 6 heterocycles. The molecule has 4 aromatic heterocycles. The molecular formula is C71H69N7O7Zn. The predicted molar refractivity (Wildman–Crippen MR) is 330 cm³/mol. The summed E-state index contributed by atoms with van der Waals surface area (Å²) in [6, 6.07) is 37.2. The maximum Gasteiger partial charge on any atom is 2.00 e. The van der Waals surface area contributed by atoms with Gasteiger partial charge in [0.05, 0.1) is 41.1 Å². The van der Waals surface area contributed by atoms with Gasteiger partial charge in [-0.1, -0.05) is 98.8 Å². The topological polar surface area (TPSA) is 212 Å². The van der Waals surface area contributed by atoms with Gasteiger partial charge in [-0.3, -0.25) is 4.79 Å². The van der Waals surface area contributed by atoms with E-state index in [0.29, 0.717) is 103 Å². The maximum atomic E-state index is 12.1. The predicted octanol–water partition coefficient (Wildman–Crippen LogP) is 14.5. The average molecular weight is 1200 g/mol. The molecule has 0 unspecified atom stereocenters. The minimum Gasteiger partial charge on any atom is -0.657 e. The van der Waals surface area contributed by atoms with E-state index in [4.69, 9.17) is 29.9 Å². The van der Waals surface area contributed by atoms with Crippen LogP contribution in [0.4, 0.5) is 0 Å². The second-order valence-electron chi connectivity index (χ2n) is 25.3. The van der Waals surface area contributed by atoms with Gasteiger partial charge < -0.3 is 40.2 Å². The Bertz CT molecular complexity index is 4140. The van der Waals surface area contributed by atoms with Crippen molar-refractivity contribution >= 4 is 52.3 Å². The summed E-state index contributed by atoms with van der Waals surface area (Å²) < 4.78 is 8.66. The number of phenolic OH excluding ortho intramolecular Hbond substituents is 3. The molecular weight excluding hydrogens is 1130 g/mol. The first-order valence-corrected chi connectivity index (χ1v) is 30.2. The van der Waals surface area contributed by atoms with Gasteiger partial charge in [0, 0.05) is 6.42 Å².